The van der Waals surface area contributed by atoms with Gasteiger partial charge in [-0.15, -0.1) is 54.2 Å². The van der Waals surface area contributed by atoms with Gasteiger partial charge in [0.05, 0.1) is 79.5 Å². The number of nitro benzene ring substituents is 1. The molecule has 0 saturated heterocycles. The Kier molecular flexibility index (Phi) is 25.9. The summed E-state index contributed by atoms with van der Waals surface area (Å²) in [5.41, 5.74) is -0.339. The third-order valence-corrected chi connectivity index (χ3v) is 22.8. The zero-order valence-electron chi connectivity index (χ0n) is 58.5. The average Bonchev–Trinajstić information content (AvgIpc) is 1.60. The topological polar surface area (TPSA) is 623 Å². The van der Waals surface area contributed by atoms with Crippen LogP contribution in [0.25, 0.3) is 16.7 Å². The smallest absolute Gasteiger partial charge is 0.297 e. The number of ether oxygens (including phenoxy) is 2. The summed E-state index contributed by atoms with van der Waals surface area (Å²) >= 11 is 1.92. The fourth-order valence-electron chi connectivity index (χ4n) is 10.2. The molecule has 10 N–H and O–H groups in total. The molecule has 49 heteroatoms. The molecule has 10 rings (SSSR count). The molecule has 0 bridgehead atoms. The molecule has 0 unspecified atom stereocenters. The lowest BCUT2D eigenvalue weighted by atomic mass is 10.1. The molecular formula is C64H60N18O23S8. The van der Waals surface area contributed by atoms with E-state index >= 15 is 0 Å². The molecule has 10 aromatic rings. The molecule has 0 aliphatic heterocycles. The number of nitro groups is 1. The Morgan fingerprint density at radius 3 is 1.57 bits per heavy atom. The molecule has 0 saturated carbocycles. The Bertz CT molecular complexity index is 6280. The number of hydrogen-bond acceptors (Lipinski definition) is 35. The van der Waals surface area contributed by atoms with Crippen molar-refractivity contribution < 1.29 is 97.3 Å². The summed E-state index contributed by atoms with van der Waals surface area (Å²) in [6.07, 6.45) is -0.596. The maximum absolute atomic E-state index is 12.4. The molecule has 0 amide bonds. The molecule has 113 heavy (non-hydrogen) atoms. The molecular weight excluding hydrogens is 1650 g/mol. The van der Waals surface area contributed by atoms with E-state index in [0.717, 1.165) is 59.9 Å². The van der Waals surface area contributed by atoms with E-state index in [-0.39, 0.29) is 144 Å². The first-order valence-corrected chi connectivity index (χ1v) is 43.2. The number of nitrogens with one attached hydrogen (secondary N) is 3. The summed E-state index contributed by atoms with van der Waals surface area (Å²) in [4.78, 5) is 26.8. The van der Waals surface area contributed by atoms with Crippen LogP contribution < -0.4 is 25.4 Å². The number of nitriles is 1. The minimum Gasteiger partial charge on any atom is -0.497 e. The fourth-order valence-corrected chi connectivity index (χ4v) is 15.7. The van der Waals surface area contributed by atoms with Crippen LogP contribution >= 0.6 is 23.5 Å². The number of benzene rings is 7. The van der Waals surface area contributed by atoms with E-state index in [1.807, 2.05) is 0 Å². The van der Waals surface area contributed by atoms with Crippen LogP contribution in [0.2, 0.25) is 0 Å². The number of nitrogens with zero attached hydrogens (tertiary/aromatic N) is 15. The third-order valence-electron chi connectivity index (χ3n) is 15.5. The average molecular weight is 1710 g/mol. The highest BCUT2D eigenvalue weighted by atomic mass is 32.2. The number of aromatic nitrogens is 5. The number of aromatic hydroxyl groups is 1. The molecule has 592 valence electrons. The van der Waals surface area contributed by atoms with Crippen molar-refractivity contribution in [1.29, 1.82) is 5.26 Å². The predicted octanol–water partition coefficient (Wildman–Crippen LogP) is 14.1. The minimum atomic E-state index is -5.14. The van der Waals surface area contributed by atoms with Gasteiger partial charge in [0.25, 0.3) is 66.4 Å². The highest BCUT2D eigenvalue weighted by Gasteiger charge is 2.26. The third kappa shape index (κ3) is 22.5. The summed E-state index contributed by atoms with van der Waals surface area (Å²) in [7, 11) is -26.8. The first-order chi connectivity index (χ1) is 53.1. The van der Waals surface area contributed by atoms with Crippen LogP contribution in [0, 0.1) is 42.2 Å². The van der Waals surface area contributed by atoms with E-state index in [1.165, 1.54) is 86.0 Å². The zero-order chi connectivity index (χ0) is 82.1. The standard InChI is InChI=1S/C64H60N18O23S8/c1-35-24-51(77-80-59-37(3)44(34-65)60-68-50-29-41(104-4)15-17-54(50)81(60)61(59)83)55(105-18-7-21-108(86,87)88)31-46(35)74-79-53-30-48(69-64-71-62(66-38-10-5-12-42(26-38)111(95,96)97)70-63(72-64)67-39-11-6-13-43(27-39)112(98,99)100)49(33-57(53)107-20-9-23-110(92,93)94)76-78-52-25-36(2)47(32-56(52)106-19-8-22-109(89,90)91)75-73-45-16-14-40(82(84)85)28-58(45)113(101,102)103/h5-6,10-17,24-33,83H,7-9,18-23H2,1-4H3,(H,86,87,88)(H,89,90,91)(H,92,93,94)(H,95,96,97)(H,98,99,100)(H,101,102,103)(H3,66,67,69,70,71,72). The zero-order valence-corrected chi connectivity index (χ0v) is 65.1. The number of methoxy groups -OCH3 is 1. The van der Waals surface area contributed by atoms with E-state index in [2.05, 4.69) is 82.9 Å². The number of fused-ring (bicyclic) bond motifs is 3. The van der Waals surface area contributed by atoms with Crippen molar-refractivity contribution in [2.45, 2.75) is 64.5 Å². The number of anilines is 6. The van der Waals surface area contributed by atoms with E-state index in [4.69, 9.17) is 9.47 Å². The number of non-ortho nitro benzene ring substituents is 1. The highest BCUT2D eigenvalue weighted by Crippen LogP contribution is 2.46. The van der Waals surface area contributed by atoms with Gasteiger partial charge in [0.15, 0.2) is 11.3 Å². The van der Waals surface area contributed by atoms with E-state index in [1.54, 1.807) is 25.1 Å². The Hall–Kier alpha value is -11.2. The largest absolute Gasteiger partial charge is 0.497 e. The van der Waals surface area contributed by atoms with Crippen LogP contribution in [0.15, 0.2) is 187 Å². The Labute approximate surface area is 650 Å². The Morgan fingerprint density at radius 2 is 1.04 bits per heavy atom. The number of thioether (sulfide) groups is 2. The van der Waals surface area contributed by atoms with Gasteiger partial charge < -0.3 is 30.5 Å². The van der Waals surface area contributed by atoms with E-state index < -0.39 is 121 Å². The van der Waals surface area contributed by atoms with Crippen molar-refractivity contribution in [2.75, 3.05) is 58.4 Å². The summed E-state index contributed by atoms with van der Waals surface area (Å²) in [6, 6.07) is 27.0. The normalized spacial score (nSPS) is 12.6. The molecule has 3 heterocycles. The van der Waals surface area contributed by atoms with Gasteiger partial charge in [-0.1, -0.05) is 12.1 Å². The quantitative estimate of drug-likeness (QED) is 0.00447. The number of hydrogen-bond donors (Lipinski definition) is 10. The van der Waals surface area contributed by atoms with Crippen LogP contribution in [-0.2, 0) is 60.7 Å². The van der Waals surface area contributed by atoms with Crippen LogP contribution in [0.4, 0.5) is 86.1 Å². The molecule has 0 fully saturated rings. The van der Waals surface area contributed by atoms with Gasteiger partial charge >= 0.3 is 0 Å². The van der Waals surface area contributed by atoms with Crippen molar-refractivity contribution in [1.82, 2.24) is 24.3 Å². The second kappa shape index (κ2) is 34.8. The van der Waals surface area contributed by atoms with Gasteiger partial charge in [0.1, 0.15) is 50.8 Å². The molecule has 0 radical (unpaired) electrons. The first-order valence-electron chi connectivity index (χ1n) is 32.1. The van der Waals surface area contributed by atoms with Crippen molar-refractivity contribution >= 4 is 187 Å². The van der Waals surface area contributed by atoms with Gasteiger partial charge in [0, 0.05) is 51.0 Å². The molecule has 3 aromatic heterocycles. The van der Waals surface area contributed by atoms with Crippen LogP contribution in [0.5, 0.6) is 17.4 Å². The second-order valence-corrected chi connectivity index (χ2v) is 35.0. The van der Waals surface area contributed by atoms with Gasteiger partial charge in [-0.05, 0) is 148 Å². The monoisotopic (exact) mass is 1700 g/mol. The van der Waals surface area contributed by atoms with Gasteiger partial charge in [-0.2, -0.15) is 80.9 Å². The van der Waals surface area contributed by atoms with Gasteiger partial charge in [-0.3, -0.25) is 41.8 Å². The van der Waals surface area contributed by atoms with Crippen LogP contribution in [0.1, 0.15) is 41.5 Å². The summed E-state index contributed by atoms with van der Waals surface area (Å²) in [5.74, 6) is -3.62. The fraction of sp³-hybridized carbons (Fsp3) is 0.203. The van der Waals surface area contributed by atoms with Crippen molar-refractivity contribution in [3.05, 3.63) is 154 Å². The number of aryl methyl sites for hydroxylation is 2. The lowest BCUT2D eigenvalue weighted by Gasteiger charge is -2.15. The molecule has 41 nitrogen and oxygen atoms in total. The lowest BCUT2D eigenvalue weighted by molar-refractivity contribution is -0.385. The van der Waals surface area contributed by atoms with Gasteiger partial charge in [0.2, 0.25) is 23.7 Å². The molecule has 7 aromatic carbocycles. The second-order valence-electron chi connectivity index (χ2n) is 23.8. The maximum Gasteiger partial charge on any atom is 0.297 e. The molecule has 0 aliphatic rings. The molecule has 0 spiro atoms. The number of rotatable bonds is 34. The minimum absolute atomic E-state index is 0.00398. The predicted molar refractivity (Wildman–Crippen MR) is 411 cm³/mol. The summed E-state index contributed by atoms with van der Waals surface area (Å²) in [6.45, 7) is 4.21. The van der Waals surface area contributed by atoms with Crippen molar-refractivity contribution in [3.63, 3.8) is 0 Å². The maximum atomic E-state index is 12.4. The van der Waals surface area contributed by atoms with Gasteiger partial charge in [-0.25, -0.2) is 4.98 Å². The van der Waals surface area contributed by atoms with Crippen LogP contribution in [-0.4, -0.2) is 155 Å². The SMILES string of the molecule is COc1ccc2c(c1)nc1c(C#N)c(C)c(N=Nc3cc(C)c(N=Nc4cc(Nc5nc(Nc6cccc(S(=O)(=O)O)c6)nc(Nc6cccc(S(=O)(=O)O)c6)n5)c(N=Nc5cc(C)c(N=Nc6ccc([N+](=O)[O-])cc6S(=O)(=O)O)cc5SCCCS(=O)(=O)O)cc4SCCCS(=O)(=O)O)cc3OCCCS(=O)(=O)O)c(O)n12. The molecule has 0 aliphatic carbocycles. The lowest BCUT2D eigenvalue weighted by Crippen LogP contribution is -2.08. The Morgan fingerprint density at radius 1 is 0.540 bits per heavy atom. The highest BCUT2D eigenvalue weighted by molar-refractivity contribution is 7.99. The van der Waals surface area contributed by atoms with Crippen molar-refractivity contribution in [2.24, 2.45) is 40.9 Å². The van der Waals surface area contributed by atoms with Crippen LogP contribution in [0.3, 0.4) is 0 Å². The number of azo groups is 4. The molecule has 0 atom stereocenters. The van der Waals surface area contributed by atoms with E-state index in [9.17, 15) is 98.3 Å². The van der Waals surface area contributed by atoms with Crippen molar-refractivity contribution in [3.8, 4) is 23.4 Å². The van der Waals surface area contributed by atoms with E-state index in [0.29, 0.717) is 28.4 Å². The summed E-state index contributed by atoms with van der Waals surface area (Å²) in [5, 5.41) is 77.8. The number of imidazole rings is 1. The summed E-state index contributed by atoms with van der Waals surface area (Å²) < 4.78 is 217. The Balaban J connectivity index is 1.15. The first kappa shape index (κ1) is 84.2. The number of pyridine rings is 1.